The number of hydrogen-bond acceptors (Lipinski definition) is 3. The van der Waals surface area contributed by atoms with Crippen molar-refractivity contribution in [2.75, 3.05) is 11.4 Å². The van der Waals surface area contributed by atoms with Crippen LogP contribution in [0.2, 0.25) is 0 Å². The lowest BCUT2D eigenvalue weighted by Gasteiger charge is -2.37. The fourth-order valence-electron chi connectivity index (χ4n) is 3.06. The maximum atomic E-state index is 11.8. The number of carboxylic acid groups (broad SMARTS) is 1. The SMILES string of the molecule is CCCC1(C(=O)O)CCCN1c1cc(Br)ccc1C#N. The molecule has 1 N–H and O–H groups in total. The quantitative estimate of drug-likeness (QED) is 0.913. The topological polar surface area (TPSA) is 64.3 Å². The van der Waals surface area contributed by atoms with Gasteiger partial charge in [0.2, 0.25) is 0 Å². The molecule has 1 saturated heterocycles. The number of carbonyl (C=O) groups is 1. The zero-order chi connectivity index (χ0) is 14.8. The van der Waals surface area contributed by atoms with Crippen LogP contribution in [0, 0.1) is 11.3 Å². The van der Waals surface area contributed by atoms with Crippen molar-refractivity contribution in [3.05, 3.63) is 28.2 Å². The van der Waals surface area contributed by atoms with Gasteiger partial charge in [-0.25, -0.2) is 4.79 Å². The highest BCUT2D eigenvalue weighted by Crippen LogP contribution is 2.40. The average Bonchev–Trinajstić information content (AvgIpc) is 2.84. The van der Waals surface area contributed by atoms with Gasteiger partial charge in [-0.05, 0) is 37.5 Å². The van der Waals surface area contributed by atoms with E-state index in [1.165, 1.54) is 0 Å². The molecule has 4 nitrogen and oxygen atoms in total. The second kappa shape index (κ2) is 5.84. The predicted octanol–water partition coefficient (Wildman–Crippen LogP) is 3.54. The normalized spacial score (nSPS) is 21.8. The van der Waals surface area contributed by atoms with Crippen molar-refractivity contribution in [2.24, 2.45) is 0 Å². The first kappa shape index (κ1) is 14.9. The van der Waals surface area contributed by atoms with Gasteiger partial charge < -0.3 is 10.0 Å². The summed E-state index contributed by atoms with van der Waals surface area (Å²) in [5.74, 6) is -0.791. The summed E-state index contributed by atoms with van der Waals surface area (Å²) in [6.07, 6.45) is 2.87. The minimum atomic E-state index is -0.874. The molecule has 2 rings (SSSR count). The number of benzene rings is 1. The summed E-state index contributed by atoms with van der Waals surface area (Å²) in [5, 5.41) is 19.0. The summed E-state index contributed by atoms with van der Waals surface area (Å²) in [4.78, 5) is 13.8. The number of carboxylic acids is 1. The van der Waals surface area contributed by atoms with Crippen LogP contribution in [0.25, 0.3) is 0 Å². The fraction of sp³-hybridized carbons (Fsp3) is 0.467. The first-order chi connectivity index (χ1) is 9.55. The lowest BCUT2D eigenvalue weighted by molar-refractivity contribution is -0.143. The molecule has 1 atom stereocenters. The summed E-state index contributed by atoms with van der Waals surface area (Å²) >= 11 is 3.40. The van der Waals surface area contributed by atoms with Gasteiger partial charge in [0.25, 0.3) is 0 Å². The molecule has 1 aromatic carbocycles. The van der Waals surface area contributed by atoms with Gasteiger partial charge in [0.15, 0.2) is 0 Å². The molecule has 1 aliphatic rings. The van der Waals surface area contributed by atoms with Crippen LogP contribution >= 0.6 is 15.9 Å². The second-order valence-corrected chi connectivity index (χ2v) is 6.03. The van der Waals surface area contributed by atoms with Crippen LogP contribution < -0.4 is 4.90 Å². The summed E-state index contributed by atoms with van der Waals surface area (Å²) in [7, 11) is 0. The van der Waals surface area contributed by atoms with E-state index in [9.17, 15) is 15.2 Å². The number of halogens is 1. The second-order valence-electron chi connectivity index (χ2n) is 5.12. The number of rotatable bonds is 4. The molecule has 5 heteroatoms. The highest BCUT2D eigenvalue weighted by molar-refractivity contribution is 9.10. The van der Waals surface area contributed by atoms with E-state index in [2.05, 4.69) is 22.0 Å². The van der Waals surface area contributed by atoms with Gasteiger partial charge >= 0.3 is 5.97 Å². The number of nitrogens with zero attached hydrogens (tertiary/aromatic N) is 2. The van der Waals surface area contributed by atoms with Gasteiger partial charge in [-0.3, -0.25) is 0 Å². The molecule has 0 aliphatic carbocycles. The van der Waals surface area contributed by atoms with Gasteiger partial charge in [-0.1, -0.05) is 29.3 Å². The lowest BCUT2D eigenvalue weighted by atomic mass is 9.90. The zero-order valence-corrected chi connectivity index (χ0v) is 13.0. The van der Waals surface area contributed by atoms with Crippen LogP contribution in [-0.2, 0) is 4.79 Å². The fourth-order valence-corrected chi connectivity index (χ4v) is 3.40. The minimum absolute atomic E-state index is 0.525. The molecule has 0 amide bonds. The Balaban J connectivity index is 2.53. The molecule has 106 valence electrons. The van der Waals surface area contributed by atoms with Crippen LogP contribution in [0.15, 0.2) is 22.7 Å². The summed E-state index contributed by atoms with van der Waals surface area (Å²) in [6.45, 7) is 2.67. The highest BCUT2D eigenvalue weighted by Gasteiger charge is 2.47. The first-order valence-corrected chi connectivity index (χ1v) is 7.55. The van der Waals surface area contributed by atoms with Gasteiger partial charge in [0, 0.05) is 11.0 Å². The molecule has 1 unspecified atom stereocenters. The molecule has 0 spiro atoms. The van der Waals surface area contributed by atoms with Crippen LogP contribution in [0.4, 0.5) is 5.69 Å². The summed E-state index contributed by atoms with van der Waals surface area (Å²) < 4.78 is 0.856. The highest BCUT2D eigenvalue weighted by atomic mass is 79.9. The van der Waals surface area contributed by atoms with E-state index >= 15 is 0 Å². The van der Waals surface area contributed by atoms with Crippen LogP contribution in [0.1, 0.15) is 38.2 Å². The smallest absolute Gasteiger partial charge is 0.329 e. The van der Waals surface area contributed by atoms with Crippen molar-refractivity contribution >= 4 is 27.6 Å². The third-order valence-electron chi connectivity index (χ3n) is 3.92. The molecular formula is C15H17BrN2O2. The molecule has 1 aliphatic heterocycles. The maximum Gasteiger partial charge on any atom is 0.329 e. The maximum absolute atomic E-state index is 11.8. The van der Waals surface area contributed by atoms with Gasteiger partial charge in [0.1, 0.15) is 11.6 Å². The van der Waals surface area contributed by atoms with Crippen molar-refractivity contribution in [3.8, 4) is 6.07 Å². The molecule has 1 aromatic rings. The average molecular weight is 337 g/mol. The summed E-state index contributed by atoms with van der Waals surface area (Å²) in [6, 6.07) is 7.55. The zero-order valence-electron chi connectivity index (χ0n) is 11.4. The Morgan fingerprint density at radius 1 is 1.60 bits per heavy atom. The minimum Gasteiger partial charge on any atom is -0.479 e. The number of anilines is 1. The van der Waals surface area contributed by atoms with E-state index in [-0.39, 0.29) is 0 Å². The Kier molecular flexibility index (Phi) is 4.34. The van der Waals surface area contributed by atoms with E-state index in [0.29, 0.717) is 24.9 Å². The third kappa shape index (κ3) is 2.40. The van der Waals surface area contributed by atoms with Crippen molar-refractivity contribution in [1.82, 2.24) is 0 Å². The van der Waals surface area contributed by atoms with E-state index < -0.39 is 11.5 Å². The Morgan fingerprint density at radius 3 is 2.95 bits per heavy atom. The van der Waals surface area contributed by atoms with Gasteiger partial charge in [-0.2, -0.15) is 5.26 Å². The van der Waals surface area contributed by atoms with Crippen molar-refractivity contribution < 1.29 is 9.90 Å². The standard InChI is InChI=1S/C15H17BrN2O2/c1-2-6-15(14(19)20)7-3-8-18(15)13-9-12(16)5-4-11(13)10-17/h4-5,9H,2-3,6-8H2,1H3,(H,19,20). The number of aliphatic carboxylic acids is 1. The molecule has 0 bridgehead atoms. The third-order valence-corrected chi connectivity index (χ3v) is 4.41. The number of hydrogen-bond donors (Lipinski definition) is 1. The van der Waals surface area contributed by atoms with E-state index in [1.807, 2.05) is 17.9 Å². The van der Waals surface area contributed by atoms with Crippen LogP contribution in [-0.4, -0.2) is 23.2 Å². The lowest BCUT2D eigenvalue weighted by Crippen LogP contribution is -2.51. The van der Waals surface area contributed by atoms with Gasteiger partial charge in [0.05, 0.1) is 11.3 Å². The van der Waals surface area contributed by atoms with Crippen LogP contribution in [0.5, 0.6) is 0 Å². The van der Waals surface area contributed by atoms with Crippen molar-refractivity contribution in [1.29, 1.82) is 5.26 Å². The molecule has 0 aromatic heterocycles. The molecule has 1 heterocycles. The summed E-state index contributed by atoms with van der Waals surface area (Å²) in [5.41, 5.74) is 0.369. The molecular weight excluding hydrogens is 320 g/mol. The molecule has 1 fully saturated rings. The Hall–Kier alpha value is -1.54. The van der Waals surface area contributed by atoms with Crippen LogP contribution in [0.3, 0.4) is 0 Å². The largest absolute Gasteiger partial charge is 0.479 e. The van der Waals surface area contributed by atoms with E-state index in [1.54, 1.807) is 12.1 Å². The van der Waals surface area contributed by atoms with Crippen molar-refractivity contribution in [2.45, 2.75) is 38.1 Å². The monoisotopic (exact) mass is 336 g/mol. The Labute approximate surface area is 127 Å². The Bertz CT molecular complexity index is 567. The van der Waals surface area contributed by atoms with Gasteiger partial charge in [-0.15, -0.1) is 0 Å². The molecule has 20 heavy (non-hydrogen) atoms. The molecule has 0 radical (unpaired) electrons. The van der Waals surface area contributed by atoms with E-state index in [4.69, 9.17) is 0 Å². The Morgan fingerprint density at radius 2 is 2.35 bits per heavy atom. The predicted molar refractivity (Wildman–Crippen MR) is 80.7 cm³/mol. The first-order valence-electron chi connectivity index (χ1n) is 6.76. The van der Waals surface area contributed by atoms with Crippen molar-refractivity contribution in [3.63, 3.8) is 0 Å². The van der Waals surface area contributed by atoms with E-state index in [0.717, 1.165) is 23.0 Å². The molecule has 0 saturated carbocycles. The number of nitriles is 1.